The first-order valence-electron chi connectivity index (χ1n) is 1.73. The van der Waals surface area contributed by atoms with Crippen LogP contribution in [0.5, 0.6) is 0 Å². The van der Waals surface area contributed by atoms with Crippen molar-refractivity contribution in [2.75, 3.05) is 0 Å². The third-order valence-corrected chi connectivity index (χ3v) is 0. The van der Waals surface area contributed by atoms with Gasteiger partial charge in [-0.1, -0.05) is 0 Å². The van der Waals surface area contributed by atoms with Crippen LogP contribution in [0.3, 0.4) is 0 Å². The van der Waals surface area contributed by atoms with Crippen LogP contribution in [0, 0.1) is 0 Å². The number of hydrogen-bond donors (Lipinski definition) is 0. The van der Waals surface area contributed by atoms with E-state index in [0.717, 1.165) is 0 Å². The summed E-state index contributed by atoms with van der Waals surface area (Å²) in [6, 6.07) is 0. The molecule has 6 nitrogen and oxygen atoms in total. The maximum absolute atomic E-state index is 9.71. The van der Waals surface area contributed by atoms with Gasteiger partial charge in [-0.05, 0) is 0 Å². The van der Waals surface area contributed by atoms with E-state index >= 15 is 0 Å². The van der Waals surface area contributed by atoms with Crippen LogP contribution < -0.4 is 0 Å². The van der Waals surface area contributed by atoms with Crippen LogP contribution in [0.15, 0.2) is 0 Å². The van der Waals surface area contributed by atoms with Crippen molar-refractivity contribution < 1.29 is 19.0 Å². The Balaban J connectivity index is 8.86. The zero-order chi connectivity index (χ0) is 6.41. The van der Waals surface area contributed by atoms with Crippen molar-refractivity contribution in [2.24, 2.45) is 0 Å². The molecule has 0 bridgehead atoms. The quantitative estimate of drug-likeness (QED) is 0.376. The van der Waals surface area contributed by atoms with E-state index in [-0.39, 0.29) is 0 Å². The normalized spacial score (nSPS) is 22.3. The molecule has 0 atom stereocenters. The Morgan fingerprint density at radius 2 is 0.571 bits per heavy atom. The van der Waals surface area contributed by atoms with Gasteiger partial charge in [0.1, 0.15) is 0 Å². The molecular formula is MgO6. The summed E-state index contributed by atoms with van der Waals surface area (Å²) in [5.74, 6) is 0. The summed E-state index contributed by atoms with van der Waals surface area (Å²) in [5.41, 5.74) is 0. The molecule has 0 aliphatic carbocycles. The van der Waals surface area contributed by atoms with Crippen LogP contribution in [0.2, 0.25) is 0 Å². The third-order valence-electron chi connectivity index (χ3n) is 0. The molecule has 0 aromatic heterocycles. The molecular weight excluding hydrogens is 120 g/mol. The SMILES string of the molecule is [O]=[Mg](=[O])(=[O])(=[O])(=[O])=[O]. The van der Waals surface area contributed by atoms with Gasteiger partial charge in [0.05, 0.1) is 0 Å². The van der Waals surface area contributed by atoms with E-state index in [9.17, 15) is 0 Å². The molecule has 0 aliphatic heterocycles. The number of hydrogen-bond acceptors (Lipinski definition) is 6. The van der Waals surface area contributed by atoms with Gasteiger partial charge in [0.25, 0.3) is 0 Å². The topological polar surface area (TPSA) is 102 Å². The molecule has 0 spiro atoms. The first-order valence-corrected chi connectivity index (χ1v) is 5.20. The fourth-order valence-corrected chi connectivity index (χ4v) is 0. The van der Waals surface area contributed by atoms with Gasteiger partial charge in [0.2, 0.25) is 0 Å². The maximum atomic E-state index is 8.67. The van der Waals surface area contributed by atoms with Crippen molar-refractivity contribution in [3.8, 4) is 0 Å². The van der Waals surface area contributed by atoms with E-state index in [2.05, 4.69) is 0 Å². The molecule has 0 unspecified atom stereocenters. The van der Waals surface area contributed by atoms with E-state index in [1.54, 1.807) is 0 Å². The van der Waals surface area contributed by atoms with Gasteiger partial charge in [-0.25, -0.2) is 0 Å². The minimum absolute atomic E-state index is 8.67. The Bertz CT molecular complexity index is 432. The Kier molecular flexibility index (Phi) is 0.513. The fraction of sp³-hybridized carbons (Fsp3) is 0. The van der Waals surface area contributed by atoms with Gasteiger partial charge >= 0.3 is 33.9 Å². The molecule has 0 heterocycles. The molecule has 0 N–H and O–H groups in total. The number of rotatable bonds is 0. The van der Waals surface area contributed by atoms with E-state index in [4.69, 9.17) is 19.0 Å². The van der Waals surface area contributed by atoms with E-state index < -0.39 is 14.9 Å². The standard InChI is InChI=1S/Mg.6O. The van der Waals surface area contributed by atoms with E-state index in [1.807, 2.05) is 0 Å². The third kappa shape index (κ3) is 376. The van der Waals surface area contributed by atoms with Crippen molar-refractivity contribution in [3.05, 3.63) is 0 Å². The molecule has 0 aromatic carbocycles. The predicted molar refractivity (Wildman–Crippen MR) is 9.87 cm³/mol. The van der Waals surface area contributed by atoms with Gasteiger partial charge in [-0.2, -0.15) is 0 Å². The molecule has 0 rings (SSSR count). The van der Waals surface area contributed by atoms with Crippen molar-refractivity contribution >= 4 is 14.9 Å². The van der Waals surface area contributed by atoms with Crippen molar-refractivity contribution in [2.45, 2.75) is 0 Å². The molecule has 7 heavy (non-hydrogen) atoms. The summed E-state index contributed by atoms with van der Waals surface area (Å²) < 4.78 is 52.0. The van der Waals surface area contributed by atoms with Gasteiger partial charge in [0.15, 0.2) is 0 Å². The Labute approximate surface area is 34.5 Å². The van der Waals surface area contributed by atoms with Gasteiger partial charge < -0.3 is 0 Å². The van der Waals surface area contributed by atoms with Crippen molar-refractivity contribution in [1.29, 1.82) is 0 Å². The molecule has 0 fully saturated rings. The van der Waals surface area contributed by atoms with Gasteiger partial charge in [-0.15, -0.1) is 0 Å². The van der Waals surface area contributed by atoms with Crippen molar-refractivity contribution in [1.82, 2.24) is 0 Å². The Hall–Kier alpha value is -0.434. The Morgan fingerprint density at radius 1 is 0.571 bits per heavy atom. The molecule has 38 valence electrons. The summed E-state index contributed by atoms with van der Waals surface area (Å²) in [5, 5.41) is 0. The zero-order valence-electron chi connectivity index (χ0n) is 3.16. The average molecular weight is 120 g/mol. The second-order valence-electron chi connectivity index (χ2n) is 1.77. The first kappa shape index (κ1) is 6.57. The molecule has 7 heteroatoms. The van der Waals surface area contributed by atoms with Crippen LogP contribution in [0.4, 0.5) is 0 Å². The minimum atomic E-state index is -9.71. The summed E-state index contributed by atoms with van der Waals surface area (Å²) in [6.45, 7) is 0. The molecule has 0 radical (unpaired) electrons. The second kappa shape index (κ2) is 0.547. The monoisotopic (exact) mass is 120 g/mol. The summed E-state index contributed by atoms with van der Waals surface area (Å²) in [7, 11) is 0. The predicted octanol–water partition coefficient (Wildman–Crippen LogP) is -1.09. The average Bonchev–Trinajstić information content (AvgIpc) is 0.592. The van der Waals surface area contributed by atoms with Gasteiger partial charge in [-0.3, -0.25) is 0 Å². The fourth-order valence-electron chi connectivity index (χ4n) is 0. The summed E-state index contributed by atoms with van der Waals surface area (Å²) in [6.07, 6.45) is 0. The van der Waals surface area contributed by atoms with Crippen LogP contribution >= 0.6 is 0 Å². The zero-order valence-corrected chi connectivity index (χ0v) is 4.57. The second-order valence-corrected chi connectivity index (χ2v) is 5.30. The summed E-state index contributed by atoms with van der Waals surface area (Å²) in [4.78, 5) is 0. The molecule has 0 amide bonds. The van der Waals surface area contributed by atoms with Crippen LogP contribution in [0.25, 0.3) is 0 Å². The van der Waals surface area contributed by atoms with Crippen molar-refractivity contribution in [3.63, 3.8) is 0 Å². The molecule has 0 aliphatic rings. The summed E-state index contributed by atoms with van der Waals surface area (Å²) >= 11 is -9.71. The Morgan fingerprint density at radius 3 is 0.571 bits per heavy atom. The molecule has 0 aromatic rings. The van der Waals surface area contributed by atoms with Crippen LogP contribution in [-0.2, 0) is 19.0 Å². The van der Waals surface area contributed by atoms with E-state index in [1.165, 1.54) is 0 Å². The molecule has 0 saturated heterocycles. The van der Waals surface area contributed by atoms with E-state index in [0.29, 0.717) is 0 Å². The molecule has 0 saturated carbocycles. The van der Waals surface area contributed by atoms with Gasteiger partial charge in [0, 0.05) is 0 Å². The van der Waals surface area contributed by atoms with Crippen LogP contribution in [0.1, 0.15) is 0 Å². The first-order chi connectivity index (χ1) is 2.45. The van der Waals surface area contributed by atoms with Crippen LogP contribution in [-0.4, -0.2) is 14.9 Å².